The number of carbonyl (C=O) groups is 4. The molecule has 8 N–H and O–H groups in total. The van der Waals surface area contributed by atoms with Crippen molar-refractivity contribution in [2.75, 3.05) is 87.1 Å². The Morgan fingerprint density at radius 2 is 0.737 bits per heavy atom. The monoisotopic (exact) mass is 1350 g/mol. The Kier molecular flexibility index (Phi) is 27.2. The molecular formula is C78H82F4N8O9. The number of likely N-dealkylation sites (N-methyl/N-ethyl adjacent to an activating group) is 2. The first kappa shape index (κ1) is 73.5. The van der Waals surface area contributed by atoms with Crippen molar-refractivity contribution in [1.29, 1.82) is 0 Å². The van der Waals surface area contributed by atoms with Gasteiger partial charge in [-0.25, -0.2) is 22.4 Å². The van der Waals surface area contributed by atoms with Crippen molar-refractivity contribution in [3.8, 4) is 23.0 Å². The van der Waals surface area contributed by atoms with Crippen LogP contribution in [0.15, 0.2) is 194 Å². The lowest BCUT2D eigenvalue weighted by molar-refractivity contribution is -0.131. The summed E-state index contributed by atoms with van der Waals surface area (Å²) in [5.41, 5.74) is 15.3. The van der Waals surface area contributed by atoms with E-state index in [1.54, 1.807) is 66.7 Å². The molecule has 0 saturated carbocycles. The molecule has 4 atom stereocenters. The molecule has 4 aliphatic heterocycles. The van der Waals surface area contributed by atoms with Crippen molar-refractivity contribution in [2.24, 2.45) is 5.73 Å². The third-order valence-electron chi connectivity index (χ3n) is 15.9. The highest BCUT2D eigenvalue weighted by Crippen LogP contribution is 2.36. The first-order valence-electron chi connectivity index (χ1n) is 32.3. The highest BCUT2D eigenvalue weighted by Gasteiger charge is 2.21. The number of hydrogen-bond donors (Lipinski definition) is 7. The number of fused-ring (bicyclic) bond motifs is 4. The standard InChI is InChI=1S/2C20H21FN2O2.C19H19FN2O2.C10H14N2O.C9H7FO2/c2*1-14(16-7-9-19-18(13-16)23(2)11-12-25-19)22-20(24)10-8-15-5-3-4-6-17(15)21;1-13(15-6-8-18-17(12-15)21-10-11-24-18)22-19(23)9-7-14-4-2-3-5-16(14)20;1-7(11)8-2-3-10-9(6-8)12-4-5-13-10;10-8-4-2-1-3-7(8)5-6-9(11)12/h2*3-10,13-14H,11-12H2,1-2H3,(H,22,24);2-9,12-13,21H,10-11H2,1H3,(H,22,23);2-3,6-7,12H,4-5,11H2,1H3;1-6H,(H,11,12)/b2*10-8+;9-7+;;6-5+. The lowest BCUT2D eigenvalue weighted by atomic mass is 10.1. The van der Waals surface area contributed by atoms with Crippen LogP contribution in [0.5, 0.6) is 23.0 Å². The minimum absolute atomic E-state index is 0.0778. The van der Waals surface area contributed by atoms with Crippen LogP contribution in [0, 0.1) is 23.3 Å². The number of rotatable bonds is 15. The molecule has 17 nitrogen and oxygen atoms in total. The average molecular weight is 1350 g/mol. The van der Waals surface area contributed by atoms with Crippen LogP contribution in [0.3, 0.4) is 0 Å². The summed E-state index contributed by atoms with van der Waals surface area (Å²) in [5, 5.41) is 23.5. The number of amides is 3. The number of anilines is 4. The van der Waals surface area contributed by atoms with E-state index in [0.29, 0.717) is 36.5 Å². The van der Waals surface area contributed by atoms with E-state index in [-0.39, 0.29) is 64.9 Å². The van der Waals surface area contributed by atoms with Gasteiger partial charge in [-0.1, -0.05) is 97.1 Å². The number of nitrogens with zero attached hydrogens (tertiary/aromatic N) is 2. The van der Waals surface area contributed by atoms with Gasteiger partial charge in [0.15, 0.2) is 0 Å². The van der Waals surface area contributed by atoms with Gasteiger partial charge in [0.05, 0.1) is 54.0 Å². The van der Waals surface area contributed by atoms with Gasteiger partial charge in [0, 0.05) is 79.8 Å². The van der Waals surface area contributed by atoms with Crippen molar-refractivity contribution in [2.45, 2.75) is 51.9 Å². The molecule has 8 aromatic rings. The number of halogens is 4. The molecule has 0 saturated heterocycles. The van der Waals surface area contributed by atoms with Crippen LogP contribution < -0.4 is 61.1 Å². The molecule has 0 aliphatic carbocycles. The molecule has 21 heteroatoms. The van der Waals surface area contributed by atoms with E-state index in [9.17, 15) is 36.7 Å². The van der Waals surface area contributed by atoms with E-state index >= 15 is 0 Å². The van der Waals surface area contributed by atoms with E-state index in [2.05, 4.69) is 42.5 Å². The number of aliphatic carboxylic acids is 1. The van der Waals surface area contributed by atoms with Crippen molar-refractivity contribution in [3.05, 3.63) is 262 Å². The Labute approximate surface area is 574 Å². The van der Waals surface area contributed by atoms with Gasteiger partial charge in [0.2, 0.25) is 17.7 Å². The summed E-state index contributed by atoms with van der Waals surface area (Å²) in [7, 11) is 4.04. The molecule has 516 valence electrons. The summed E-state index contributed by atoms with van der Waals surface area (Å²) >= 11 is 0. The fraction of sp³-hybridized carbons (Fsp3) is 0.231. The smallest absolute Gasteiger partial charge is 0.328 e. The number of carboxylic acid groups (broad SMARTS) is 1. The lowest BCUT2D eigenvalue weighted by Gasteiger charge is -2.28. The Bertz CT molecular complexity index is 4070. The Morgan fingerprint density at radius 1 is 0.434 bits per heavy atom. The van der Waals surface area contributed by atoms with E-state index in [1.165, 1.54) is 72.9 Å². The number of ether oxygens (including phenoxy) is 4. The summed E-state index contributed by atoms with van der Waals surface area (Å²) in [6.07, 6.45) is 10.6. The zero-order chi connectivity index (χ0) is 70.8. The van der Waals surface area contributed by atoms with Crippen LogP contribution >= 0.6 is 0 Å². The molecule has 4 heterocycles. The lowest BCUT2D eigenvalue weighted by Crippen LogP contribution is -2.29. The van der Waals surface area contributed by atoms with Gasteiger partial charge in [0.25, 0.3) is 0 Å². The fourth-order valence-electron chi connectivity index (χ4n) is 10.3. The molecule has 3 amide bonds. The van der Waals surface area contributed by atoms with Gasteiger partial charge in [0.1, 0.15) is 72.7 Å². The van der Waals surface area contributed by atoms with E-state index < -0.39 is 11.8 Å². The highest BCUT2D eigenvalue weighted by atomic mass is 19.1. The zero-order valence-electron chi connectivity index (χ0n) is 55.9. The van der Waals surface area contributed by atoms with Gasteiger partial charge in [-0.15, -0.1) is 0 Å². The van der Waals surface area contributed by atoms with Crippen LogP contribution in [-0.4, -0.2) is 95.5 Å². The van der Waals surface area contributed by atoms with E-state index in [0.717, 1.165) is 107 Å². The molecule has 0 radical (unpaired) electrons. The Morgan fingerprint density at radius 3 is 1.08 bits per heavy atom. The van der Waals surface area contributed by atoms with Gasteiger partial charge in [-0.05, 0) is 147 Å². The fourth-order valence-corrected chi connectivity index (χ4v) is 10.3. The Hall–Kier alpha value is -11.3. The molecular weight excluding hydrogens is 1270 g/mol. The minimum Gasteiger partial charge on any atom is -0.490 e. The summed E-state index contributed by atoms with van der Waals surface area (Å²) in [4.78, 5) is 50.6. The van der Waals surface area contributed by atoms with Gasteiger partial charge < -0.3 is 66.2 Å². The minimum atomic E-state index is -1.08. The van der Waals surface area contributed by atoms with Crippen LogP contribution in [0.4, 0.5) is 40.3 Å². The summed E-state index contributed by atoms with van der Waals surface area (Å²) < 4.78 is 75.7. The predicted octanol–water partition coefficient (Wildman–Crippen LogP) is 14.0. The summed E-state index contributed by atoms with van der Waals surface area (Å²) in [6, 6.07) is 48.2. The quantitative estimate of drug-likeness (QED) is 0.0375. The average Bonchev–Trinajstić information content (AvgIpc) is 0.814. The largest absolute Gasteiger partial charge is 0.490 e. The number of carbonyl (C=O) groups excluding carboxylic acids is 3. The molecule has 4 aliphatic rings. The molecule has 12 rings (SSSR count). The van der Waals surface area contributed by atoms with E-state index in [1.807, 2.05) is 109 Å². The number of benzene rings is 8. The van der Waals surface area contributed by atoms with Crippen molar-refractivity contribution >= 4 is 70.7 Å². The third-order valence-corrected chi connectivity index (χ3v) is 15.9. The number of nitrogens with two attached hydrogens (primary N) is 1. The second-order valence-corrected chi connectivity index (χ2v) is 23.3. The highest BCUT2D eigenvalue weighted by molar-refractivity contribution is 5.93. The SMILES string of the molecule is CC(N)c1ccc2c(c1)NCCO2.CC(NC(=O)/C=C/c1ccccc1F)c1ccc2c(c1)N(C)CCO2.CC(NC(=O)/C=C/c1ccccc1F)c1ccc2c(c1)N(C)CCO2.CC(NC(=O)/C=C/c1ccccc1F)c1ccc2c(c1)NCCO2.O=C(O)/C=C/c1ccccc1F. The van der Waals surface area contributed by atoms with Gasteiger partial charge in [-0.3, -0.25) is 14.4 Å². The van der Waals surface area contributed by atoms with Crippen LogP contribution in [0.2, 0.25) is 0 Å². The van der Waals surface area contributed by atoms with Crippen molar-refractivity contribution in [1.82, 2.24) is 16.0 Å². The molecule has 0 aromatic heterocycles. The molecule has 4 unspecified atom stereocenters. The first-order chi connectivity index (χ1) is 47.7. The molecule has 0 fully saturated rings. The van der Waals surface area contributed by atoms with Crippen molar-refractivity contribution < 1.29 is 60.8 Å². The predicted molar refractivity (Wildman–Crippen MR) is 383 cm³/mol. The van der Waals surface area contributed by atoms with Gasteiger partial charge >= 0.3 is 5.97 Å². The zero-order valence-corrected chi connectivity index (χ0v) is 55.9. The number of nitrogens with one attached hydrogen (secondary N) is 5. The maximum absolute atomic E-state index is 13.6. The van der Waals surface area contributed by atoms with Crippen LogP contribution in [0.1, 0.15) is 96.4 Å². The summed E-state index contributed by atoms with van der Waals surface area (Å²) in [5.74, 6) is 0.103. The summed E-state index contributed by atoms with van der Waals surface area (Å²) in [6.45, 7) is 13.8. The second-order valence-electron chi connectivity index (χ2n) is 23.3. The molecule has 0 bridgehead atoms. The van der Waals surface area contributed by atoms with Crippen LogP contribution in [-0.2, 0) is 19.2 Å². The topological polar surface area (TPSA) is 218 Å². The van der Waals surface area contributed by atoms with Gasteiger partial charge in [-0.2, -0.15) is 0 Å². The maximum Gasteiger partial charge on any atom is 0.328 e. The van der Waals surface area contributed by atoms with Crippen LogP contribution in [0.25, 0.3) is 24.3 Å². The normalized spacial score (nSPS) is 14.4. The van der Waals surface area contributed by atoms with Crippen molar-refractivity contribution in [3.63, 3.8) is 0 Å². The first-order valence-corrected chi connectivity index (χ1v) is 32.3. The molecule has 0 spiro atoms. The van der Waals surface area contributed by atoms with E-state index in [4.69, 9.17) is 29.8 Å². The molecule has 8 aromatic carbocycles. The Balaban J connectivity index is 0.000000162. The third kappa shape index (κ3) is 22.4. The number of carboxylic acids is 1. The maximum atomic E-state index is 13.6. The molecule has 99 heavy (non-hydrogen) atoms. The second kappa shape index (κ2) is 36.7. The number of hydrogen-bond acceptors (Lipinski definition) is 13.